The first-order valence-corrected chi connectivity index (χ1v) is 8.42. The summed E-state index contributed by atoms with van der Waals surface area (Å²) in [5.74, 6) is -1.14. The van der Waals surface area contributed by atoms with Crippen molar-refractivity contribution in [2.75, 3.05) is 13.2 Å². The van der Waals surface area contributed by atoms with Crippen molar-refractivity contribution >= 4 is 8.80 Å². The summed E-state index contributed by atoms with van der Waals surface area (Å²) in [7, 11) is -3.13. The third-order valence-electron chi connectivity index (χ3n) is 2.69. The molecule has 0 amide bonds. The van der Waals surface area contributed by atoms with Crippen LogP contribution in [0.5, 0.6) is 0 Å². The van der Waals surface area contributed by atoms with E-state index < -0.39 is 20.4 Å². The van der Waals surface area contributed by atoms with Crippen LogP contribution in [-0.4, -0.2) is 26.8 Å². The molecule has 1 rings (SSSR count). The topological polar surface area (TPSA) is 38.7 Å². The van der Waals surface area contributed by atoms with Crippen LogP contribution in [0.2, 0.25) is 6.04 Å². The molecular weight excluding hydrogens is 270 g/mol. The zero-order valence-electron chi connectivity index (χ0n) is 11.3. The van der Waals surface area contributed by atoms with Gasteiger partial charge in [-0.1, -0.05) is 6.07 Å². The van der Waals surface area contributed by atoms with Gasteiger partial charge in [-0.3, -0.25) is 0 Å². The summed E-state index contributed by atoms with van der Waals surface area (Å²) < 4.78 is 36.7. The Morgan fingerprint density at radius 3 is 2.32 bits per heavy atom. The van der Waals surface area contributed by atoms with Crippen LogP contribution in [-0.2, 0) is 15.3 Å². The van der Waals surface area contributed by atoms with Gasteiger partial charge in [0.15, 0.2) is 0 Å². The maximum atomic E-state index is 13.4. The van der Waals surface area contributed by atoms with Gasteiger partial charge in [0.25, 0.3) is 0 Å². The van der Waals surface area contributed by atoms with Crippen molar-refractivity contribution in [1.29, 1.82) is 0 Å². The molecule has 0 aliphatic carbocycles. The van der Waals surface area contributed by atoms with E-state index in [1.54, 1.807) is 13.8 Å². The first-order valence-electron chi connectivity index (χ1n) is 6.45. The van der Waals surface area contributed by atoms with Gasteiger partial charge in [-0.05, 0) is 38.3 Å². The Labute approximate surface area is 113 Å². The average molecular weight is 290 g/mol. The molecule has 108 valence electrons. The number of hydrogen-bond donors (Lipinski definition) is 1. The molecule has 0 radical (unpaired) electrons. The zero-order chi connectivity index (χ0) is 14.3. The maximum absolute atomic E-state index is 13.4. The third-order valence-corrected chi connectivity index (χ3v) is 5.16. The summed E-state index contributed by atoms with van der Waals surface area (Å²) in [6.45, 7) is 4.34. The number of rotatable bonds is 8. The highest BCUT2D eigenvalue weighted by atomic mass is 28.4. The van der Waals surface area contributed by atoms with E-state index in [0.717, 1.165) is 6.07 Å². The summed E-state index contributed by atoms with van der Waals surface area (Å²) in [6.07, 6.45) is 0.951. The molecule has 0 fully saturated rings. The molecule has 3 nitrogen and oxygen atoms in total. The number of aryl methyl sites for hydroxylation is 1. The lowest BCUT2D eigenvalue weighted by molar-refractivity contribution is 0.108. The molecular formula is C13H20F2O3Si. The second-order valence-electron chi connectivity index (χ2n) is 4.17. The molecule has 0 heterocycles. The molecule has 0 atom stereocenters. The predicted octanol–water partition coefficient (Wildman–Crippen LogP) is 2.90. The average Bonchev–Trinajstić information content (AvgIpc) is 2.32. The summed E-state index contributed by atoms with van der Waals surface area (Å²) in [5, 5.41) is 0. The molecule has 0 bridgehead atoms. The first-order chi connectivity index (χ1) is 9.00. The van der Waals surface area contributed by atoms with Gasteiger partial charge in [0.1, 0.15) is 11.6 Å². The van der Waals surface area contributed by atoms with E-state index in [1.165, 1.54) is 12.1 Å². The minimum absolute atomic E-state index is 0.367. The van der Waals surface area contributed by atoms with Gasteiger partial charge in [-0.15, -0.1) is 0 Å². The standard InChI is InChI=1S/C13H20F2O3Si/c1-3-17-19(16,18-4-2)9-5-6-11-7-8-12(14)10-13(11)15/h7-8,10,16H,3-6,9H2,1-2H3. The third kappa shape index (κ3) is 5.36. The van der Waals surface area contributed by atoms with E-state index in [2.05, 4.69) is 0 Å². The van der Waals surface area contributed by atoms with Crippen LogP contribution in [0, 0.1) is 11.6 Å². The molecule has 0 unspecified atom stereocenters. The fourth-order valence-corrected chi connectivity index (χ4v) is 3.76. The van der Waals surface area contributed by atoms with Crippen molar-refractivity contribution in [3.05, 3.63) is 35.4 Å². The van der Waals surface area contributed by atoms with Crippen molar-refractivity contribution < 1.29 is 22.4 Å². The quantitative estimate of drug-likeness (QED) is 0.748. The molecule has 0 saturated heterocycles. The normalized spacial score (nSPS) is 11.8. The van der Waals surface area contributed by atoms with Crippen molar-refractivity contribution in [1.82, 2.24) is 0 Å². The SMILES string of the molecule is CCO[Si](O)(CCCc1ccc(F)cc1F)OCC. The molecule has 6 heteroatoms. The van der Waals surface area contributed by atoms with E-state index in [9.17, 15) is 13.6 Å². The predicted molar refractivity (Wildman–Crippen MR) is 70.7 cm³/mol. The Bertz CT molecular complexity index is 395. The van der Waals surface area contributed by atoms with Gasteiger partial charge in [0.05, 0.1) is 0 Å². The van der Waals surface area contributed by atoms with Gasteiger partial charge in [-0.25, -0.2) is 8.78 Å². The zero-order valence-corrected chi connectivity index (χ0v) is 12.3. The molecule has 1 aromatic rings. The van der Waals surface area contributed by atoms with Gasteiger partial charge in [0, 0.05) is 25.3 Å². The van der Waals surface area contributed by atoms with Gasteiger partial charge in [-0.2, -0.15) is 0 Å². The first kappa shape index (κ1) is 16.2. The minimum Gasteiger partial charge on any atom is -0.390 e. The van der Waals surface area contributed by atoms with Crippen molar-refractivity contribution in [3.8, 4) is 0 Å². The minimum atomic E-state index is -3.13. The number of halogens is 2. The van der Waals surface area contributed by atoms with Crippen molar-refractivity contribution in [2.24, 2.45) is 0 Å². The second kappa shape index (κ2) is 7.69. The largest absolute Gasteiger partial charge is 0.498 e. The van der Waals surface area contributed by atoms with Crippen LogP contribution in [0.15, 0.2) is 18.2 Å². The molecule has 0 aromatic heterocycles. The Morgan fingerprint density at radius 2 is 1.79 bits per heavy atom. The van der Waals surface area contributed by atoms with E-state index in [4.69, 9.17) is 8.85 Å². The highest BCUT2D eigenvalue weighted by Crippen LogP contribution is 2.17. The molecule has 0 aliphatic heterocycles. The molecule has 0 saturated carbocycles. The molecule has 19 heavy (non-hydrogen) atoms. The molecule has 0 aliphatic rings. The van der Waals surface area contributed by atoms with Crippen LogP contribution >= 0.6 is 0 Å². The number of hydrogen-bond acceptors (Lipinski definition) is 3. The van der Waals surface area contributed by atoms with Gasteiger partial charge in [0.2, 0.25) is 0 Å². The maximum Gasteiger partial charge on any atom is 0.498 e. The summed E-state index contributed by atoms with van der Waals surface area (Å²) in [4.78, 5) is 10.1. The lowest BCUT2D eigenvalue weighted by Crippen LogP contribution is -2.42. The van der Waals surface area contributed by atoms with E-state index >= 15 is 0 Å². The Hall–Kier alpha value is -0.823. The second-order valence-corrected chi connectivity index (χ2v) is 6.67. The van der Waals surface area contributed by atoms with Crippen LogP contribution in [0.4, 0.5) is 8.78 Å². The lowest BCUT2D eigenvalue weighted by Gasteiger charge is -2.22. The van der Waals surface area contributed by atoms with Crippen molar-refractivity contribution in [3.63, 3.8) is 0 Å². The molecule has 1 aromatic carbocycles. The Balaban J connectivity index is 2.51. The van der Waals surface area contributed by atoms with Crippen LogP contribution in [0.1, 0.15) is 25.8 Å². The van der Waals surface area contributed by atoms with Gasteiger partial charge >= 0.3 is 8.80 Å². The Kier molecular flexibility index (Phi) is 6.57. The Morgan fingerprint density at radius 1 is 1.16 bits per heavy atom. The van der Waals surface area contributed by atoms with E-state index in [1.807, 2.05) is 0 Å². The van der Waals surface area contributed by atoms with Crippen LogP contribution < -0.4 is 0 Å². The fraction of sp³-hybridized carbons (Fsp3) is 0.538. The number of benzene rings is 1. The summed E-state index contributed by atoms with van der Waals surface area (Å²) >= 11 is 0. The molecule has 1 N–H and O–H groups in total. The monoisotopic (exact) mass is 290 g/mol. The highest BCUT2D eigenvalue weighted by molar-refractivity contribution is 6.59. The van der Waals surface area contributed by atoms with E-state index in [0.29, 0.717) is 37.7 Å². The van der Waals surface area contributed by atoms with Crippen LogP contribution in [0.3, 0.4) is 0 Å². The smallest absolute Gasteiger partial charge is 0.390 e. The fourth-order valence-electron chi connectivity index (χ4n) is 1.86. The molecule has 0 spiro atoms. The van der Waals surface area contributed by atoms with Crippen molar-refractivity contribution in [2.45, 2.75) is 32.7 Å². The van der Waals surface area contributed by atoms with E-state index in [-0.39, 0.29) is 0 Å². The highest BCUT2D eigenvalue weighted by Gasteiger charge is 2.35. The lowest BCUT2D eigenvalue weighted by atomic mass is 10.1. The van der Waals surface area contributed by atoms with Crippen LogP contribution in [0.25, 0.3) is 0 Å². The van der Waals surface area contributed by atoms with Gasteiger partial charge < -0.3 is 13.6 Å². The summed E-state index contributed by atoms with van der Waals surface area (Å²) in [6, 6.07) is 3.88. The summed E-state index contributed by atoms with van der Waals surface area (Å²) in [5.41, 5.74) is 0.436.